The number of nitrogens with two attached hydrogens (primary N) is 1. The topological polar surface area (TPSA) is 73.6 Å². The van der Waals surface area contributed by atoms with Gasteiger partial charge in [-0.1, -0.05) is 24.6 Å². The largest absolute Gasteiger partial charge is 0.389 e. The van der Waals surface area contributed by atoms with Crippen LogP contribution < -0.4 is 11.3 Å². The Balaban J connectivity index is 0.000000459. The molecule has 0 atom stereocenters. The van der Waals surface area contributed by atoms with E-state index in [1.54, 1.807) is 12.1 Å². The van der Waals surface area contributed by atoms with Crippen molar-refractivity contribution in [2.24, 2.45) is 5.84 Å². The average molecular weight is 401 g/mol. The van der Waals surface area contributed by atoms with Crippen LogP contribution >= 0.6 is 41.5 Å². The fourth-order valence-corrected chi connectivity index (χ4v) is 6.11. The zero-order chi connectivity index (χ0) is 17.6. The van der Waals surface area contributed by atoms with Crippen molar-refractivity contribution in [3.63, 3.8) is 0 Å². The summed E-state index contributed by atoms with van der Waals surface area (Å²) in [5.74, 6) is 8.01. The van der Waals surface area contributed by atoms with Crippen LogP contribution in [-0.2, 0) is 13.6 Å². The lowest BCUT2D eigenvalue weighted by Crippen LogP contribution is -2.05. The number of hydrogen-bond acceptors (Lipinski definition) is 7. The van der Waals surface area contributed by atoms with Gasteiger partial charge >= 0.3 is 6.80 Å². The van der Waals surface area contributed by atoms with Crippen LogP contribution in [0.4, 0.5) is 5.69 Å². The first-order chi connectivity index (χ1) is 11.0. The van der Waals surface area contributed by atoms with Crippen LogP contribution in [-0.4, -0.2) is 30.5 Å². The van der Waals surface area contributed by atoms with Gasteiger partial charge in [0.2, 0.25) is 0 Å². The van der Waals surface area contributed by atoms with E-state index in [1.807, 2.05) is 37.7 Å². The highest BCUT2D eigenvalue weighted by Crippen LogP contribution is 2.60. The number of hydrazine groups is 1. The first-order valence-corrected chi connectivity index (χ1v) is 12.0. The van der Waals surface area contributed by atoms with E-state index < -0.39 is 6.80 Å². The number of halogens is 1. The smallest absolute Gasteiger partial charge is 0.324 e. The second-order valence-electron chi connectivity index (χ2n) is 3.97. The fraction of sp³-hybridized carbons (Fsp3) is 0.571. The quantitative estimate of drug-likeness (QED) is 0.239. The number of rotatable bonds is 10. The van der Waals surface area contributed by atoms with Crippen LogP contribution in [0.1, 0.15) is 20.8 Å². The van der Waals surface area contributed by atoms with Crippen molar-refractivity contribution in [2.45, 2.75) is 20.8 Å². The molecule has 0 bridgehead atoms. The van der Waals surface area contributed by atoms with E-state index in [-0.39, 0.29) is 0 Å². The van der Waals surface area contributed by atoms with Crippen molar-refractivity contribution in [1.29, 1.82) is 0 Å². The summed E-state index contributed by atoms with van der Waals surface area (Å²) in [6.07, 6.45) is 0. The van der Waals surface area contributed by atoms with Gasteiger partial charge < -0.3 is 14.5 Å². The monoisotopic (exact) mass is 400 g/mol. The molecular weight excluding hydrogens is 375 g/mol. The highest BCUT2D eigenvalue weighted by molar-refractivity contribution is 8.55. The van der Waals surface area contributed by atoms with Gasteiger partial charge in [-0.05, 0) is 49.2 Å². The Morgan fingerprint density at radius 2 is 1.87 bits per heavy atom. The van der Waals surface area contributed by atoms with E-state index in [1.165, 1.54) is 11.4 Å². The Morgan fingerprint density at radius 3 is 2.30 bits per heavy atom. The third kappa shape index (κ3) is 12.2. The molecule has 0 spiro atoms. The number of hydrogen-bond donors (Lipinski definition) is 2. The van der Waals surface area contributed by atoms with Gasteiger partial charge in [0.05, 0.1) is 13.2 Å². The Kier molecular flexibility index (Phi) is 14.5. The fourth-order valence-electron chi connectivity index (χ4n) is 1.36. The second-order valence-corrected chi connectivity index (χ2v) is 9.99. The first kappa shape index (κ1) is 23.1. The van der Waals surface area contributed by atoms with Gasteiger partial charge in [0, 0.05) is 22.2 Å². The molecule has 5 nitrogen and oxygen atoms in total. The summed E-state index contributed by atoms with van der Waals surface area (Å²) in [5, 5.41) is 0.686. The van der Waals surface area contributed by atoms with Crippen LogP contribution in [0.2, 0.25) is 5.02 Å². The molecule has 0 saturated carbocycles. The lowest BCUT2D eigenvalue weighted by atomic mass is 10.3. The highest BCUT2D eigenvalue weighted by Gasteiger charge is 2.23. The zero-order valence-electron chi connectivity index (χ0n) is 13.8. The van der Waals surface area contributed by atoms with E-state index in [0.29, 0.717) is 18.2 Å². The zero-order valence-corrected chi connectivity index (χ0v) is 17.1. The van der Waals surface area contributed by atoms with Gasteiger partial charge in [-0.3, -0.25) is 5.84 Å². The van der Waals surface area contributed by atoms with Crippen molar-refractivity contribution in [1.82, 2.24) is 0 Å². The average Bonchev–Trinajstić information content (AvgIpc) is 2.53. The third-order valence-corrected chi connectivity index (χ3v) is 7.62. The number of benzene rings is 1. The summed E-state index contributed by atoms with van der Waals surface area (Å²) in [4.78, 5) is 0. The van der Waals surface area contributed by atoms with E-state index in [0.717, 1.165) is 22.9 Å². The summed E-state index contributed by atoms with van der Waals surface area (Å²) in [7, 11) is 0. The number of thioether (sulfide) groups is 1. The van der Waals surface area contributed by atoms with Crippen molar-refractivity contribution < 1.29 is 13.6 Å². The molecule has 134 valence electrons. The van der Waals surface area contributed by atoms with E-state index >= 15 is 0 Å². The maximum absolute atomic E-state index is 11.9. The number of nitrogen functional groups attached to an aromatic ring is 1. The molecule has 0 saturated heterocycles. The van der Waals surface area contributed by atoms with Crippen LogP contribution in [0, 0.1) is 0 Å². The summed E-state index contributed by atoms with van der Waals surface area (Å²) in [6, 6.07) is 7.22. The molecule has 23 heavy (non-hydrogen) atoms. The molecule has 0 heterocycles. The van der Waals surface area contributed by atoms with E-state index in [2.05, 4.69) is 12.3 Å². The standard InChI is InChI=1S/C8H19O3PS2.C6H7ClN2/c1-4-10-12(9,11-5-2)14-8-7-13-6-3;7-5-2-1-3-6(4-5)9-8/h4-8H2,1-3H3;1-4,9H,8H2. The molecule has 0 aromatic heterocycles. The van der Waals surface area contributed by atoms with Gasteiger partial charge in [-0.15, -0.1) is 0 Å². The molecule has 1 aromatic rings. The summed E-state index contributed by atoms with van der Waals surface area (Å²) in [6.45, 7) is 3.78. The predicted octanol–water partition coefficient (Wildman–Crippen LogP) is 5.28. The van der Waals surface area contributed by atoms with Gasteiger partial charge in [0.15, 0.2) is 0 Å². The Hall–Kier alpha value is 0.120. The van der Waals surface area contributed by atoms with Crippen molar-refractivity contribution in [2.75, 3.05) is 35.9 Å². The Bertz CT molecular complexity index is 459. The minimum Gasteiger partial charge on any atom is -0.324 e. The molecule has 1 aromatic carbocycles. The Morgan fingerprint density at radius 1 is 1.22 bits per heavy atom. The van der Waals surface area contributed by atoms with Gasteiger partial charge in [0.25, 0.3) is 0 Å². The molecular formula is C14H26ClN2O3PS2. The number of nitrogens with one attached hydrogen (secondary N) is 1. The molecule has 0 aliphatic rings. The van der Waals surface area contributed by atoms with Gasteiger partial charge in [-0.25, -0.2) is 4.57 Å². The van der Waals surface area contributed by atoms with E-state index in [4.69, 9.17) is 26.5 Å². The van der Waals surface area contributed by atoms with E-state index in [9.17, 15) is 4.57 Å². The first-order valence-electron chi connectivity index (χ1n) is 7.34. The van der Waals surface area contributed by atoms with Crippen molar-refractivity contribution in [3.8, 4) is 0 Å². The van der Waals surface area contributed by atoms with Crippen molar-refractivity contribution >= 4 is 47.2 Å². The highest BCUT2D eigenvalue weighted by atomic mass is 35.5. The molecule has 9 heteroatoms. The normalized spacial score (nSPS) is 10.8. The van der Waals surface area contributed by atoms with Crippen LogP contribution in [0.25, 0.3) is 0 Å². The molecule has 0 unspecified atom stereocenters. The van der Waals surface area contributed by atoms with Gasteiger partial charge in [-0.2, -0.15) is 11.8 Å². The van der Waals surface area contributed by atoms with Crippen molar-refractivity contribution in [3.05, 3.63) is 29.3 Å². The van der Waals surface area contributed by atoms with Crippen LogP contribution in [0.15, 0.2) is 24.3 Å². The summed E-state index contributed by atoms with van der Waals surface area (Å²) in [5.41, 5.74) is 3.31. The Labute approximate surface area is 152 Å². The molecule has 0 radical (unpaired) electrons. The maximum Gasteiger partial charge on any atom is 0.389 e. The number of anilines is 1. The summed E-state index contributed by atoms with van der Waals surface area (Å²) >= 11 is 8.76. The SMILES string of the molecule is CCOP(=O)(OCC)SCCSCC.NNc1cccc(Cl)c1. The maximum atomic E-state index is 11.9. The molecule has 0 fully saturated rings. The van der Waals surface area contributed by atoms with Crippen LogP contribution in [0.3, 0.4) is 0 Å². The lowest BCUT2D eigenvalue weighted by molar-refractivity contribution is 0.237. The minimum absolute atomic E-state index is 0.436. The molecule has 0 aliphatic heterocycles. The second kappa shape index (κ2) is 14.5. The molecule has 0 aliphatic carbocycles. The van der Waals surface area contributed by atoms with Crippen LogP contribution in [0.5, 0.6) is 0 Å². The lowest BCUT2D eigenvalue weighted by Gasteiger charge is -2.15. The minimum atomic E-state index is -2.86. The summed E-state index contributed by atoms with van der Waals surface area (Å²) < 4.78 is 22.2. The molecule has 3 N–H and O–H groups in total. The van der Waals surface area contributed by atoms with Gasteiger partial charge in [0.1, 0.15) is 0 Å². The predicted molar refractivity (Wildman–Crippen MR) is 106 cm³/mol. The third-order valence-electron chi connectivity index (χ3n) is 2.25. The molecule has 0 amide bonds. The molecule has 1 rings (SSSR count).